The molecule has 4 aromatic carbocycles. The van der Waals surface area contributed by atoms with E-state index in [9.17, 15) is 26.4 Å². The summed E-state index contributed by atoms with van der Waals surface area (Å²) < 4.78 is 113. The van der Waals surface area contributed by atoms with Crippen LogP contribution in [0.25, 0.3) is 0 Å². The number of fused-ring (bicyclic) bond motifs is 4. The molecule has 0 bridgehead atoms. The van der Waals surface area contributed by atoms with Crippen molar-refractivity contribution in [2.24, 2.45) is 0 Å². The molecule has 2 saturated heterocycles. The highest BCUT2D eigenvalue weighted by molar-refractivity contribution is 7.87. The minimum absolute atomic E-state index is 0.0238. The molecular weight excluding hydrogens is 697 g/mol. The second kappa shape index (κ2) is 14.2. The van der Waals surface area contributed by atoms with Crippen LogP contribution in [-0.4, -0.2) is 58.0 Å². The standard InChI is InChI=1S/C36H31F3O11S/c1-43-28-25(44-18-21-11-5-2-6-12-21)17-24-27(30(28)45-19-22-13-7-3-8-14-22)31-32(48-34(24)40)33(50-51(41,42)36(37,38)39)29-26(47-31)20-46-35(49-29)23-15-9-4-10-16-23/h2-17,26,29,31-33,35H,18-20H2,1H3/t26-,29-,31+,32+,33-,35-/m1/s1. The minimum Gasteiger partial charge on any atom is -0.490 e. The van der Waals surface area contributed by atoms with Gasteiger partial charge in [0.05, 0.1) is 19.3 Å². The number of halogens is 3. The molecule has 6 atom stereocenters. The van der Waals surface area contributed by atoms with Gasteiger partial charge in [-0.1, -0.05) is 91.0 Å². The maximum Gasteiger partial charge on any atom is 0.523 e. The second-order valence-corrected chi connectivity index (χ2v) is 13.4. The Bertz CT molecular complexity index is 1960. The van der Waals surface area contributed by atoms with Crippen molar-refractivity contribution >= 4 is 16.1 Å². The normalized spacial score (nSPS) is 24.4. The van der Waals surface area contributed by atoms with Gasteiger partial charge in [0, 0.05) is 11.1 Å². The van der Waals surface area contributed by atoms with Gasteiger partial charge in [-0.05, 0) is 17.2 Å². The third kappa shape index (κ3) is 6.99. The lowest BCUT2D eigenvalue weighted by molar-refractivity contribution is -0.327. The minimum atomic E-state index is -6.23. The van der Waals surface area contributed by atoms with E-state index in [1.165, 1.54) is 13.2 Å². The summed E-state index contributed by atoms with van der Waals surface area (Å²) in [6.45, 7) is -0.187. The van der Waals surface area contributed by atoms with E-state index in [4.69, 9.17) is 37.3 Å². The quantitative estimate of drug-likeness (QED) is 0.106. The zero-order valence-corrected chi connectivity index (χ0v) is 27.7. The molecule has 0 saturated carbocycles. The molecule has 51 heavy (non-hydrogen) atoms. The predicted molar refractivity (Wildman–Crippen MR) is 171 cm³/mol. The lowest BCUT2D eigenvalue weighted by Gasteiger charge is -2.50. The average Bonchev–Trinajstić information content (AvgIpc) is 3.13. The van der Waals surface area contributed by atoms with Gasteiger partial charge in [-0.25, -0.2) is 4.79 Å². The third-order valence-corrected chi connectivity index (χ3v) is 9.62. The Morgan fingerprint density at radius 1 is 0.804 bits per heavy atom. The summed E-state index contributed by atoms with van der Waals surface area (Å²) in [5.41, 5.74) is -3.80. The van der Waals surface area contributed by atoms with Gasteiger partial charge in [0.25, 0.3) is 0 Å². The lowest BCUT2D eigenvalue weighted by atomic mass is 9.85. The van der Waals surface area contributed by atoms with E-state index in [0.29, 0.717) is 5.56 Å². The van der Waals surface area contributed by atoms with E-state index in [-0.39, 0.29) is 48.2 Å². The molecule has 0 unspecified atom stereocenters. The zero-order chi connectivity index (χ0) is 35.8. The molecule has 3 aliphatic heterocycles. The highest BCUT2D eigenvalue weighted by Crippen LogP contribution is 2.53. The van der Waals surface area contributed by atoms with Gasteiger partial charge in [0.2, 0.25) is 5.75 Å². The smallest absolute Gasteiger partial charge is 0.490 e. The summed E-state index contributed by atoms with van der Waals surface area (Å²) in [6.07, 6.45) is -8.97. The van der Waals surface area contributed by atoms with Crippen molar-refractivity contribution in [1.82, 2.24) is 0 Å². The van der Waals surface area contributed by atoms with Gasteiger partial charge in [-0.3, -0.25) is 4.18 Å². The van der Waals surface area contributed by atoms with Crippen LogP contribution in [0.3, 0.4) is 0 Å². The van der Waals surface area contributed by atoms with Crippen LogP contribution in [-0.2, 0) is 46.5 Å². The van der Waals surface area contributed by atoms with Crippen molar-refractivity contribution in [1.29, 1.82) is 0 Å². The van der Waals surface area contributed by atoms with Gasteiger partial charge in [0.1, 0.15) is 37.6 Å². The van der Waals surface area contributed by atoms with Crippen molar-refractivity contribution in [3.05, 3.63) is 125 Å². The van der Waals surface area contributed by atoms with Crippen molar-refractivity contribution < 1.29 is 63.7 Å². The number of ether oxygens (including phenoxy) is 7. The fourth-order valence-electron chi connectivity index (χ4n) is 6.21. The summed E-state index contributed by atoms with van der Waals surface area (Å²) in [7, 11) is -4.87. The Labute approximate surface area is 290 Å². The lowest BCUT2D eigenvalue weighted by Crippen LogP contribution is -2.62. The zero-order valence-electron chi connectivity index (χ0n) is 26.9. The van der Waals surface area contributed by atoms with Crippen LogP contribution < -0.4 is 14.2 Å². The first-order valence-corrected chi connectivity index (χ1v) is 17.2. The average molecular weight is 729 g/mol. The Morgan fingerprint density at radius 3 is 2.02 bits per heavy atom. The number of benzene rings is 4. The number of carbonyl (C=O) groups is 1. The van der Waals surface area contributed by atoms with Gasteiger partial charge in [0.15, 0.2) is 23.9 Å². The van der Waals surface area contributed by atoms with Gasteiger partial charge < -0.3 is 33.2 Å². The molecule has 0 spiro atoms. The fraction of sp³-hybridized carbons (Fsp3) is 0.306. The van der Waals surface area contributed by atoms with Crippen LogP contribution in [0, 0.1) is 0 Å². The Hall–Kier alpha value is -4.67. The number of methoxy groups -OCH3 is 1. The number of hydrogen-bond donors (Lipinski definition) is 0. The van der Waals surface area contributed by atoms with E-state index in [1.54, 1.807) is 54.6 Å². The molecule has 11 nitrogen and oxygen atoms in total. The summed E-state index contributed by atoms with van der Waals surface area (Å²) in [5, 5.41) is 0. The van der Waals surface area contributed by atoms with E-state index < -0.39 is 58.4 Å². The molecule has 7 rings (SSSR count). The number of hydrogen-bond acceptors (Lipinski definition) is 11. The van der Waals surface area contributed by atoms with Gasteiger partial charge >= 0.3 is 21.6 Å². The molecule has 0 amide bonds. The van der Waals surface area contributed by atoms with Crippen LogP contribution >= 0.6 is 0 Å². The monoisotopic (exact) mass is 728 g/mol. The van der Waals surface area contributed by atoms with Crippen LogP contribution in [0.4, 0.5) is 13.2 Å². The maximum absolute atomic E-state index is 13.8. The first-order chi connectivity index (χ1) is 24.5. The second-order valence-electron chi connectivity index (χ2n) is 11.8. The van der Waals surface area contributed by atoms with Crippen LogP contribution in [0.1, 0.15) is 45.0 Å². The van der Waals surface area contributed by atoms with Crippen molar-refractivity contribution in [3.8, 4) is 17.2 Å². The van der Waals surface area contributed by atoms with Crippen LogP contribution in [0.15, 0.2) is 97.1 Å². The maximum atomic E-state index is 13.8. The Kier molecular flexibility index (Phi) is 9.65. The molecular formula is C36H31F3O11S. The fourth-order valence-corrected chi connectivity index (χ4v) is 6.83. The van der Waals surface area contributed by atoms with E-state index in [0.717, 1.165) is 11.1 Å². The number of esters is 1. The summed E-state index contributed by atoms with van der Waals surface area (Å²) in [6, 6.07) is 28.1. The summed E-state index contributed by atoms with van der Waals surface area (Å²) in [4.78, 5) is 13.8. The molecule has 268 valence electrons. The van der Waals surface area contributed by atoms with Crippen molar-refractivity contribution in [2.45, 2.75) is 55.5 Å². The molecule has 3 aliphatic rings. The largest absolute Gasteiger partial charge is 0.523 e. The first kappa shape index (κ1) is 34.8. The molecule has 2 fully saturated rings. The predicted octanol–water partition coefficient (Wildman–Crippen LogP) is 6.18. The van der Waals surface area contributed by atoms with E-state index in [2.05, 4.69) is 0 Å². The van der Waals surface area contributed by atoms with Crippen LogP contribution in [0.2, 0.25) is 0 Å². The number of rotatable bonds is 10. The summed E-state index contributed by atoms with van der Waals surface area (Å²) in [5.74, 6) is -0.880. The Balaban J connectivity index is 1.32. The van der Waals surface area contributed by atoms with E-state index >= 15 is 0 Å². The highest BCUT2D eigenvalue weighted by atomic mass is 32.2. The van der Waals surface area contributed by atoms with E-state index in [1.807, 2.05) is 36.4 Å². The number of alkyl halides is 3. The SMILES string of the molecule is COc1c(OCc2ccccc2)cc2c(c1OCc1ccccc1)[C@@H]1O[C@@H]3CO[C@@H](c4ccccc4)O[C@H]3[C@@H](OS(=O)(=O)C(F)(F)F)[C@H]1OC2=O. The molecule has 0 N–H and O–H groups in total. The molecule has 4 aromatic rings. The molecule has 0 radical (unpaired) electrons. The van der Waals surface area contributed by atoms with Gasteiger partial charge in [-0.2, -0.15) is 21.6 Å². The van der Waals surface area contributed by atoms with Crippen LogP contribution in [0.5, 0.6) is 17.2 Å². The third-order valence-electron chi connectivity index (χ3n) is 8.57. The number of carbonyl (C=O) groups excluding carboxylic acids is 1. The summed E-state index contributed by atoms with van der Waals surface area (Å²) >= 11 is 0. The topological polar surface area (TPSA) is 125 Å². The first-order valence-electron chi connectivity index (χ1n) is 15.8. The molecule has 0 aliphatic carbocycles. The molecule has 3 heterocycles. The molecule has 0 aromatic heterocycles. The van der Waals surface area contributed by atoms with Crippen molar-refractivity contribution in [2.75, 3.05) is 13.7 Å². The molecule has 15 heteroatoms. The highest BCUT2D eigenvalue weighted by Gasteiger charge is 2.60. The van der Waals surface area contributed by atoms with Gasteiger partial charge in [-0.15, -0.1) is 0 Å². The Morgan fingerprint density at radius 2 is 1.41 bits per heavy atom. The van der Waals surface area contributed by atoms with Crippen molar-refractivity contribution in [3.63, 3.8) is 0 Å².